The number of halogens is 4. The normalized spacial score (nSPS) is 25.2. The van der Waals surface area contributed by atoms with Crippen LogP contribution in [0.2, 0.25) is 0 Å². The Bertz CT molecular complexity index is 1030. The number of benzene rings is 2. The van der Waals surface area contributed by atoms with E-state index < -0.39 is 23.3 Å². The molecule has 1 nitrogen and oxygen atoms in total. The summed E-state index contributed by atoms with van der Waals surface area (Å²) in [5.74, 6) is -2.29. The summed E-state index contributed by atoms with van der Waals surface area (Å²) in [4.78, 5) is 0. The Morgan fingerprint density at radius 1 is 0.714 bits per heavy atom. The van der Waals surface area contributed by atoms with Gasteiger partial charge >= 0.3 is 0 Å². The van der Waals surface area contributed by atoms with Crippen LogP contribution in [-0.4, -0.2) is 6.61 Å². The fraction of sp³-hybridized carbons (Fsp3) is 0.533. The second kappa shape index (κ2) is 11.6. The first kappa shape index (κ1) is 25.8. The molecule has 0 saturated heterocycles. The van der Waals surface area contributed by atoms with Crippen molar-refractivity contribution in [2.24, 2.45) is 11.8 Å². The monoisotopic (exact) mass is 488 g/mol. The molecule has 0 bridgehead atoms. The van der Waals surface area contributed by atoms with Crippen LogP contribution in [0.4, 0.5) is 17.6 Å². The Kier molecular flexibility index (Phi) is 8.56. The minimum Gasteiger partial charge on any atom is -0.491 e. The standard InChI is InChI=1S/C30H36F4O/c1-3-19-5-10-21(11-6-19)24-16-17-25(29(33)28(24)32)22-12-7-20(8-13-22)9-14-23-15-18-26(35-4-2)30(34)27(23)31/h9,14-22H,3-8,10-13H2,1-2H3. The van der Waals surface area contributed by atoms with Gasteiger partial charge in [0, 0.05) is 5.56 Å². The predicted octanol–water partition coefficient (Wildman–Crippen LogP) is 9.31. The zero-order valence-corrected chi connectivity index (χ0v) is 20.8. The van der Waals surface area contributed by atoms with Crippen molar-refractivity contribution in [2.75, 3.05) is 6.61 Å². The van der Waals surface area contributed by atoms with Crippen molar-refractivity contribution in [1.82, 2.24) is 0 Å². The van der Waals surface area contributed by atoms with Gasteiger partial charge in [-0.2, -0.15) is 4.39 Å². The third-order valence-corrected chi connectivity index (χ3v) is 8.14. The summed E-state index contributed by atoms with van der Waals surface area (Å²) in [7, 11) is 0. The maximum Gasteiger partial charge on any atom is 0.201 e. The summed E-state index contributed by atoms with van der Waals surface area (Å²) in [6.45, 7) is 4.18. The molecular formula is C30H36F4O. The lowest BCUT2D eigenvalue weighted by Crippen LogP contribution is -2.16. The molecule has 0 amide bonds. The Morgan fingerprint density at radius 2 is 1.29 bits per heavy atom. The number of hydrogen-bond donors (Lipinski definition) is 0. The molecule has 2 aliphatic rings. The van der Waals surface area contributed by atoms with Crippen molar-refractivity contribution >= 4 is 6.08 Å². The first-order chi connectivity index (χ1) is 16.9. The van der Waals surface area contributed by atoms with E-state index in [0.717, 1.165) is 57.8 Å². The average molecular weight is 489 g/mol. The maximum absolute atomic E-state index is 15.1. The maximum atomic E-state index is 15.1. The third kappa shape index (κ3) is 5.76. The first-order valence-electron chi connectivity index (χ1n) is 13.2. The van der Waals surface area contributed by atoms with Crippen LogP contribution in [0.5, 0.6) is 5.75 Å². The quantitative estimate of drug-likeness (QED) is 0.353. The largest absolute Gasteiger partial charge is 0.491 e. The zero-order valence-electron chi connectivity index (χ0n) is 20.8. The van der Waals surface area contributed by atoms with Crippen molar-refractivity contribution in [3.63, 3.8) is 0 Å². The van der Waals surface area contributed by atoms with E-state index in [1.54, 1.807) is 19.1 Å². The van der Waals surface area contributed by atoms with E-state index in [0.29, 0.717) is 17.0 Å². The molecule has 35 heavy (non-hydrogen) atoms. The van der Waals surface area contributed by atoms with Crippen LogP contribution in [0.25, 0.3) is 6.08 Å². The van der Waals surface area contributed by atoms with Gasteiger partial charge in [-0.3, -0.25) is 0 Å². The SMILES string of the molecule is CCOc1ccc(C=CC2CCC(c3ccc(C4CCC(CC)CC4)c(F)c3F)CC2)c(F)c1F. The Balaban J connectivity index is 1.37. The van der Waals surface area contributed by atoms with Gasteiger partial charge in [0.15, 0.2) is 23.2 Å². The van der Waals surface area contributed by atoms with Crippen molar-refractivity contribution in [3.05, 3.63) is 70.3 Å². The molecule has 2 fully saturated rings. The zero-order chi connectivity index (χ0) is 24.9. The molecule has 2 aromatic rings. The van der Waals surface area contributed by atoms with Crippen LogP contribution in [0.15, 0.2) is 30.3 Å². The molecule has 190 valence electrons. The third-order valence-electron chi connectivity index (χ3n) is 8.14. The number of ether oxygens (including phenoxy) is 1. The van der Waals surface area contributed by atoms with E-state index >= 15 is 8.78 Å². The van der Waals surface area contributed by atoms with Gasteiger partial charge in [0.2, 0.25) is 5.82 Å². The van der Waals surface area contributed by atoms with Gasteiger partial charge in [0.1, 0.15) is 0 Å². The van der Waals surface area contributed by atoms with Crippen LogP contribution < -0.4 is 4.74 Å². The fourth-order valence-electron chi connectivity index (χ4n) is 5.90. The highest BCUT2D eigenvalue weighted by molar-refractivity contribution is 5.52. The van der Waals surface area contributed by atoms with Crippen LogP contribution in [0.3, 0.4) is 0 Å². The smallest absolute Gasteiger partial charge is 0.201 e. The summed E-state index contributed by atoms with van der Waals surface area (Å²) in [5, 5.41) is 0. The van der Waals surface area contributed by atoms with Crippen molar-refractivity contribution in [3.8, 4) is 5.75 Å². The predicted molar refractivity (Wildman–Crippen MR) is 133 cm³/mol. The summed E-state index contributed by atoms with van der Waals surface area (Å²) in [6.07, 6.45) is 11.8. The summed E-state index contributed by atoms with van der Waals surface area (Å²) < 4.78 is 63.7. The molecule has 0 heterocycles. The molecule has 2 saturated carbocycles. The fourth-order valence-corrected chi connectivity index (χ4v) is 5.90. The number of allylic oxidation sites excluding steroid dienone is 1. The molecule has 0 aromatic heterocycles. The van der Waals surface area contributed by atoms with Crippen molar-refractivity contribution in [1.29, 1.82) is 0 Å². The second-order valence-corrected chi connectivity index (χ2v) is 10.2. The molecule has 0 aliphatic heterocycles. The molecule has 0 radical (unpaired) electrons. The van der Waals surface area contributed by atoms with E-state index in [1.165, 1.54) is 12.1 Å². The molecule has 0 spiro atoms. The van der Waals surface area contributed by atoms with Crippen LogP contribution in [0.1, 0.15) is 100 Å². The van der Waals surface area contributed by atoms with Crippen molar-refractivity contribution < 1.29 is 22.3 Å². The summed E-state index contributed by atoms with van der Waals surface area (Å²) >= 11 is 0. The molecule has 0 N–H and O–H groups in total. The highest BCUT2D eigenvalue weighted by atomic mass is 19.2. The molecule has 2 aliphatic carbocycles. The number of rotatable bonds is 7. The van der Waals surface area contributed by atoms with Gasteiger partial charge in [-0.25, -0.2) is 13.2 Å². The molecule has 2 aromatic carbocycles. The van der Waals surface area contributed by atoms with E-state index in [1.807, 2.05) is 12.1 Å². The van der Waals surface area contributed by atoms with E-state index in [-0.39, 0.29) is 35.7 Å². The topological polar surface area (TPSA) is 9.23 Å². The summed E-state index contributed by atoms with van der Waals surface area (Å²) in [5.41, 5.74) is 1.21. The van der Waals surface area contributed by atoms with Gasteiger partial charge in [-0.05, 0) is 105 Å². The molecule has 0 unspecified atom stereocenters. The van der Waals surface area contributed by atoms with Gasteiger partial charge in [-0.1, -0.05) is 37.6 Å². The lowest BCUT2D eigenvalue weighted by Gasteiger charge is -2.30. The summed E-state index contributed by atoms with van der Waals surface area (Å²) in [6, 6.07) is 6.58. The molecule has 5 heteroatoms. The van der Waals surface area contributed by atoms with E-state index in [4.69, 9.17) is 4.74 Å². The molecule has 0 atom stereocenters. The van der Waals surface area contributed by atoms with Gasteiger partial charge in [-0.15, -0.1) is 0 Å². The minimum absolute atomic E-state index is 0.0151. The van der Waals surface area contributed by atoms with E-state index in [2.05, 4.69) is 6.92 Å². The van der Waals surface area contributed by atoms with E-state index in [9.17, 15) is 8.78 Å². The van der Waals surface area contributed by atoms with Gasteiger partial charge in [0.25, 0.3) is 0 Å². The lowest BCUT2D eigenvalue weighted by molar-refractivity contribution is 0.311. The molecule has 4 rings (SSSR count). The molecular weight excluding hydrogens is 452 g/mol. The Hall–Kier alpha value is -2.30. The Morgan fingerprint density at radius 3 is 1.83 bits per heavy atom. The highest BCUT2D eigenvalue weighted by Crippen LogP contribution is 2.42. The highest BCUT2D eigenvalue weighted by Gasteiger charge is 2.29. The first-order valence-corrected chi connectivity index (χ1v) is 13.2. The average Bonchev–Trinajstić information content (AvgIpc) is 2.88. The minimum atomic E-state index is -0.975. The van der Waals surface area contributed by atoms with Crippen LogP contribution >= 0.6 is 0 Å². The van der Waals surface area contributed by atoms with Gasteiger partial charge in [0.05, 0.1) is 6.61 Å². The van der Waals surface area contributed by atoms with Crippen LogP contribution in [0, 0.1) is 35.1 Å². The Labute approximate surface area is 206 Å². The van der Waals surface area contributed by atoms with Crippen LogP contribution in [-0.2, 0) is 0 Å². The second-order valence-electron chi connectivity index (χ2n) is 10.2. The number of hydrogen-bond acceptors (Lipinski definition) is 1. The van der Waals surface area contributed by atoms with Crippen molar-refractivity contribution in [2.45, 2.75) is 83.5 Å². The van der Waals surface area contributed by atoms with Gasteiger partial charge < -0.3 is 4.74 Å². The lowest BCUT2D eigenvalue weighted by atomic mass is 9.75.